The van der Waals surface area contributed by atoms with Gasteiger partial charge in [0.25, 0.3) is 0 Å². The van der Waals surface area contributed by atoms with E-state index in [1.165, 1.54) is 17.8 Å². The van der Waals surface area contributed by atoms with Gasteiger partial charge in [-0.2, -0.15) is 0 Å². The lowest BCUT2D eigenvalue weighted by molar-refractivity contribution is -0.183. The van der Waals surface area contributed by atoms with Crippen LogP contribution in [0.4, 0.5) is 0 Å². The highest BCUT2D eigenvalue weighted by Gasteiger charge is 2.51. The molecule has 4 atom stereocenters. The Labute approximate surface area is 147 Å². The lowest BCUT2D eigenvalue weighted by Crippen LogP contribution is -2.50. The third kappa shape index (κ3) is 2.61. The van der Waals surface area contributed by atoms with Gasteiger partial charge in [-0.05, 0) is 57.0 Å². The number of aliphatic hydroxyl groups is 1. The molecular formula is C19H27NO3S. The minimum Gasteiger partial charge on any atom is -0.458 e. The summed E-state index contributed by atoms with van der Waals surface area (Å²) in [4.78, 5) is 16.2. The average Bonchev–Trinajstić information content (AvgIpc) is 3.31. The van der Waals surface area contributed by atoms with Crippen LogP contribution < -0.4 is 0 Å². The van der Waals surface area contributed by atoms with Crippen LogP contribution in [0.5, 0.6) is 0 Å². The number of hydrogen-bond donors (Lipinski definition) is 1. The Hall–Kier alpha value is -0.910. The molecule has 0 unspecified atom stereocenters. The van der Waals surface area contributed by atoms with Gasteiger partial charge in [-0.3, -0.25) is 4.90 Å². The van der Waals surface area contributed by atoms with Gasteiger partial charge >= 0.3 is 5.97 Å². The van der Waals surface area contributed by atoms with Crippen molar-refractivity contribution in [1.29, 1.82) is 0 Å². The number of rotatable bonds is 4. The summed E-state index contributed by atoms with van der Waals surface area (Å²) in [6.07, 6.45) is 8.22. The van der Waals surface area contributed by atoms with Crippen molar-refractivity contribution in [3.8, 4) is 0 Å². The predicted octanol–water partition coefficient (Wildman–Crippen LogP) is 3.29. The molecule has 1 saturated carbocycles. The minimum atomic E-state index is -1.46. The van der Waals surface area contributed by atoms with Gasteiger partial charge in [0.2, 0.25) is 0 Å². The number of nitrogens with zero attached hydrogens (tertiary/aromatic N) is 1. The fourth-order valence-electron chi connectivity index (χ4n) is 5.06. The Morgan fingerprint density at radius 1 is 1.25 bits per heavy atom. The normalized spacial score (nSPS) is 33.5. The molecule has 5 heteroatoms. The second-order valence-electron chi connectivity index (χ2n) is 7.71. The number of fused-ring (bicyclic) bond motifs is 2. The van der Waals surface area contributed by atoms with Gasteiger partial charge in [0.15, 0.2) is 5.60 Å². The maximum absolute atomic E-state index is 13.1. The number of piperidine rings is 1. The van der Waals surface area contributed by atoms with Crippen molar-refractivity contribution in [3.63, 3.8) is 0 Å². The monoisotopic (exact) mass is 349 g/mol. The zero-order chi connectivity index (χ0) is 16.7. The second kappa shape index (κ2) is 6.43. The van der Waals surface area contributed by atoms with Gasteiger partial charge in [0, 0.05) is 22.9 Å². The summed E-state index contributed by atoms with van der Waals surface area (Å²) < 4.78 is 5.97. The van der Waals surface area contributed by atoms with Gasteiger partial charge in [-0.25, -0.2) is 4.79 Å². The number of carbonyl (C=O) groups excluding carboxylic acids is 1. The van der Waals surface area contributed by atoms with Crippen molar-refractivity contribution in [2.45, 2.75) is 75.2 Å². The number of ether oxygens (including phenoxy) is 1. The summed E-state index contributed by atoms with van der Waals surface area (Å²) in [5.74, 6) is -0.429. The number of carbonyl (C=O) groups is 1. The average molecular weight is 349 g/mol. The first kappa shape index (κ1) is 16.6. The van der Waals surface area contributed by atoms with Crippen LogP contribution in [0.1, 0.15) is 56.2 Å². The maximum atomic E-state index is 13.1. The molecule has 2 aliphatic heterocycles. The molecule has 132 valence electrons. The van der Waals surface area contributed by atoms with Crippen LogP contribution in [-0.2, 0) is 15.1 Å². The molecular weight excluding hydrogens is 322 g/mol. The molecule has 3 fully saturated rings. The fourth-order valence-corrected chi connectivity index (χ4v) is 5.95. The summed E-state index contributed by atoms with van der Waals surface area (Å²) in [6.45, 7) is 0. The van der Waals surface area contributed by atoms with Gasteiger partial charge in [0.1, 0.15) is 6.10 Å². The van der Waals surface area contributed by atoms with Crippen LogP contribution >= 0.6 is 11.3 Å². The third-order valence-corrected chi connectivity index (χ3v) is 7.52. The zero-order valence-corrected chi connectivity index (χ0v) is 15.1. The lowest BCUT2D eigenvalue weighted by atomic mass is 9.84. The molecule has 4 nitrogen and oxygen atoms in total. The lowest BCUT2D eigenvalue weighted by Gasteiger charge is -2.39. The largest absolute Gasteiger partial charge is 0.458 e. The quantitative estimate of drug-likeness (QED) is 0.848. The molecule has 1 aromatic rings. The molecule has 2 bridgehead atoms. The van der Waals surface area contributed by atoms with Crippen LogP contribution in [0, 0.1) is 5.92 Å². The molecule has 3 aliphatic rings. The molecule has 4 rings (SSSR count). The van der Waals surface area contributed by atoms with Crippen LogP contribution in [0.3, 0.4) is 0 Å². The summed E-state index contributed by atoms with van der Waals surface area (Å²) >= 11 is 1.46. The molecule has 1 aromatic heterocycles. The van der Waals surface area contributed by atoms with Crippen molar-refractivity contribution in [1.82, 2.24) is 4.90 Å². The van der Waals surface area contributed by atoms with E-state index in [1.807, 2.05) is 17.5 Å². The molecule has 24 heavy (non-hydrogen) atoms. The van der Waals surface area contributed by atoms with Gasteiger partial charge in [0.05, 0.1) is 0 Å². The number of thiophene rings is 1. The highest BCUT2D eigenvalue weighted by Crippen LogP contribution is 2.44. The van der Waals surface area contributed by atoms with Crippen LogP contribution in [0.2, 0.25) is 0 Å². The SMILES string of the molecule is CN1[C@@H]2CC[C@@H](OC(=O)[C@](O)(c3cccs3)C3CCCC3)[C@@H]1CC2. The Morgan fingerprint density at radius 2 is 2.00 bits per heavy atom. The molecule has 3 heterocycles. The third-order valence-electron chi connectivity index (χ3n) is 6.52. The van der Waals surface area contributed by atoms with Gasteiger partial charge < -0.3 is 9.84 Å². The minimum absolute atomic E-state index is 0.0127. The number of hydrogen-bond acceptors (Lipinski definition) is 5. The molecule has 1 N–H and O–H groups in total. The van der Waals surface area contributed by atoms with Crippen LogP contribution in [0.15, 0.2) is 17.5 Å². The molecule has 1 aliphatic carbocycles. The fraction of sp³-hybridized carbons (Fsp3) is 0.737. The highest BCUT2D eigenvalue weighted by atomic mass is 32.1. The second-order valence-corrected chi connectivity index (χ2v) is 8.66. The Balaban J connectivity index is 1.56. The van der Waals surface area contributed by atoms with E-state index < -0.39 is 11.6 Å². The van der Waals surface area contributed by atoms with Crippen molar-refractivity contribution in [2.75, 3.05) is 7.05 Å². The van der Waals surface area contributed by atoms with Gasteiger partial charge in [-0.1, -0.05) is 18.9 Å². The summed E-state index contributed by atoms with van der Waals surface area (Å²) in [6, 6.07) is 4.76. The van der Waals surface area contributed by atoms with Gasteiger partial charge in [-0.15, -0.1) is 11.3 Å². The van der Waals surface area contributed by atoms with E-state index in [2.05, 4.69) is 11.9 Å². The van der Waals surface area contributed by atoms with E-state index in [-0.39, 0.29) is 12.0 Å². The van der Waals surface area contributed by atoms with E-state index in [0.29, 0.717) is 12.1 Å². The summed E-state index contributed by atoms with van der Waals surface area (Å²) in [5.41, 5.74) is -1.46. The van der Waals surface area contributed by atoms with E-state index in [9.17, 15) is 9.90 Å². The van der Waals surface area contributed by atoms with Crippen molar-refractivity contribution < 1.29 is 14.6 Å². The van der Waals surface area contributed by atoms with E-state index in [1.54, 1.807) is 0 Å². The van der Waals surface area contributed by atoms with E-state index in [4.69, 9.17) is 4.74 Å². The Morgan fingerprint density at radius 3 is 2.71 bits per heavy atom. The molecule has 0 amide bonds. The first-order chi connectivity index (χ1) is 11.6. The Kier molecular flexibility index (Phi) is 4.43. The molecule has 0 aromatic carbocycles. The van der Waals surface area contributed by atoms with Crippen LogP contribution in [0.25, 0.3) is 0 Å². The first-order valence-corrected chi connectivity index (χ1v) is 10.2. The number of likely N-dealkylation sites (N-methyl/N-ethyl adjacent to an activating group) is 1. The summed E-state index contributed by atoms with van der Waals surface area (Å²) in [5, 5.41) is 13.4. The van der Waals surface area contributed by atoms with E-state index in [0.717, 1.165) is 49.8 Å². The highest BCUT2D eigenvalue weighted by molar-refractivity contribution is 7.10. The van der Waals surface area contributed by atoms with Crippen molar-refractivity contribution >= 4 is 17.3 Å². The standard InChI is InChI=1S/C19H27NO3S/c1-20-14-8-10-15(20)16(11-9-14)23-18(21)19(22,13-5-2-3-6-13)17-7-4-12-24-17/h4,7,12-16,22H,2-3,5-6,8-11H2,1H3/t14-,15-,16+,19+/m0/s1. The van der Waals surface area contributed by atoms with Crippen LogP contribution in [-0.4, -0.2) is 41.2 Å². The molecule has 0 radical (unpaired) electrons. The topological polar surface area (TPSA) is 49.8 Å². The zero-order valence-electron chi connectivity index (χ0n) is 14.3. The number of esters is 1. The van der Waals surface area contributed by atoms with Crippen molar-refractivity contribution in [3.05, 3.63) is 22.4 Å². The van der Waals surface area contributed by atoms with Crippen molar-refractivity contribution in [2.24, 2.45) is 5.92 Å². The Bertz CT molecular complexity index is 583. The maximum Gasteiger partial charge on any atom is 0.344 e. The smallest absolute Gasteiger partial charge is 0.344 e. The predicted molar refractivity (Wildman–Crippen MR) is 93.9 cm³/mol. The summed E-state index contributed by atoms with van der Waals surface area (Å²) in [7, 11) is 2.14. The first-order valence-electron chi connectivity index (χ1n) is 9.30. The molecule has 2 saturated heterocycles. The van der Waals surface area contributed by atoms with E-state index >= 15 is 0 Å². The molecule has 0 spiro atoms.